The lowest BCUT2D eigenvalue weighted by Gasteiger charge is -2.28. The fourth-order valence-electron chi connectivity index (χ4n) is 5.50. The normalized spacial score (nSPS) is 38.0. The molecule has 3 amide bonds. The molecule has 4 aliphatic rings. The Morgan fingerprint density at radius 3 is 2.45 bits per heavy atom. The number of halogens is 2. The lowest BCUT2D eigenvalue weighted by atomic mass is 9.81. The maximum atomic E-state index is 13.2. The topological polar surface area (TPSA) is 75.7 Å². The standard InChI is InChI=1S/C21H22Br2N2O4/c22-17-13-8-14(18(17)23)16-15(13)20(27)25(21(16)28)11-4-1-3-10(7-11)19(26)24-9-12-5-2-6-29-12/h1,3-4,7,12-18H,2,5-6,8-9H2,(H,24,26)/t12-,13-,14-,15-,16-,17-,18+/m0/s1. The number of nitrogens with zero attached hydrogens (tertiary/aromatic N) is 1. The van der Waals surface area contributed by atoms with Crippen molar-refractivity contribution in [2.45, 2.75) is 35.0 Å². The van der Waals surface area contributed by atoms with Crippen LogP contribution in [0.3, 0.4) is 0 Å². The van der Waals surface area contributed by atoms with Crippen molar-refractivity contribution in [2.75, 3.05) is 18.1 Å². The van der Waals surface area contributed by atoms with Crippen LogP contribution in [0.2, 0.25) is 0 Å². The van der Waals surface area contributed by atoms with Crippen LogP contribution in [0.4, 0.5) is 5.69 Å². The molecule has 6 nitrogen and oxygen atoms in total. The average molecular weight is 526 g/mol. The van der Waals surface area contributed by atoms with Gasteiger partial charge < -0.3 is 10.1 Å². The number of carbonyl (C=O) groups excluding carboxylic acids is 3. The zero-order valence-corrected chi connectivity index (χ0v) is 18.9. The van der Waals surface area contributed by atoms with Crippen molar-refractivity contribution in [3.05, 3.63) is 29.8 Å². The lowest BCUT2D eigenvalue weighted by molar-refractivity contribution is -0.123. The molecular weight excluding hydrogens is 504 g/mol. The van der Waals surface area contributed by atoms with Crippen molar-refractivity contribution in [2.24, 2.45) is 23.7 Å². The number of amides is 3. The van der Waals surface area contributed by atoms with Gasteiger partial charge in [0.2, 0.25) is 11.8 Å². The van der Waals surface area contributed by atoms with E-state index in [-0.39, 0.29) is 57.2 Å². The number of alkyl halides is 2. The molecule has 7 atom stereocenters. The predicted octanol–water partition coefficient (Wildman–Crippen LogP) is 2.88. The van der Waals surface area contributed by atoms with E-state index in [2.05, 4.69) is 37.2 Å². The second-order valence-electron chi connectivity index (χ2n) is 8.41. The molecule has 1 aromatic rings. The summed E-state index contributed by atoms with van der Waals surface area (Å²) in [5.74, 6) is -0.655. The molecule has 0 radical (unpaired) electrons. The smallest absolute Gasteiger partial charge is 0.251 e. The van der Waals surface area contributed by atoms with Gasteiger partial charge in [-0.15, -0.1) is 0 Å². The van der Waals surface area contributed by atoms with Gasteiger partial charge in [0.25, 0.3) is 5.91 Å². The molecule has 0 unspecified atom stereocenters. The number of carbonyl (C=O) groups is 3. The van der Waals surface area contributed by atoms with Crippen LogP contribution < -0.4 is 10.2 Å². The molecule has 2 saturated heterocycles. The summed E-state index contributed by atoms with van der Waals surface area (Å²) in [6.07, 6.45) is 2.93. The van der Waals surface area contributed by atoms with Gasteiger partial charge in [-0.25, -0.2) is 0 Å². The fourth-order valence-corrected chi connectivity index (χ4v) is 7.38. The van der Waals surface area contributed by atoms with Gasteiger partial charge in [-0.3, -0.25) is 19.3 Å². The first kappa shape index (κ1) is 19.7. The Labute approximate surface area is 186 Å². The SMILES string of the molecule is O=C(NC[C@@H]1CCCO1)c1cccc(N2C(=O)[C@H]3[C@@H]4C[C@H]([C@@H](Br)[C@H]4Br)[C@@H]3C2=O)c1. The van der Waals surface area contributed by atoms with Crippen LogP contribution in [0.5, 0.6) is 0 Å². The molecule has 29 heavy (non-hydrogen) atoms. The van der Waals surface area contributed by atoms with Gasteiger partial charge in [-0.1, -0.05) is 37.9 Å². The fraction of sp³-hybridized carbons (Fsp3) is 0.571. The number of hydrogen-bond donors (Lipinski definition) is 1. The molecule has 4 fully saturated rings. The molecule has 1 N–H and O–H groups in total. The largest absolute Gasteiger partial charge is 0.376 e. The minimum atomic E-state index is -0.261. The van der Waals surface area contributed by atoms with E-state index in [1.807, 2.05) is 0 Å². The Morgan fingerprint density at radius 1 is 1.14 bits per heavy atom. The molecule has 5 rings (SSSR count). The van der Waals surface area contributed by atoms with Crippen LogP contribution in [-0.4, -0.2) is 46.6 Å². The van der Waals surface area contributed by atoms with Gasteiger partial charge in [0.05, 0.1) is 23.6 Å². The molecule has 0 spiro atoms. The Hall–Kier alpha value is -1.25. The second kappa shape index (κ2) is 7.46. The monoisotopic (exact) mass is 524 g/mol. The number of imide groups is 1. The van der Waals surface area contributed by atoms with Gasteiger partial charge in [0.15, 0.2) is 0 Å². The van der Waals surface area contributed by atoms with Gasteiger partial charge in [-0.2, -0.15) is 0 Å². The number of nitrogens with one attached hydrogen (secondary N) is 1. The highest BCUT2D eigenvalue weighted by molar-refractivity contribution is 9.12. The maximum absolute atomic E-state index is 13.2. The van der Waals surface area contributed by atoms with E-state index in [0.29, 0.717) is 17.8 Å². The molecule has 2 saturated carbocycles. The van der Waals surface area contributed by atoms with Gasteiger partial charge in [-0.05, 0) is 49.3 Å². The number of benzene rings is 1. The number of hydrogen-bond acceptors (Lipinski definition) is 4. The van der Waals surface area contributed by atoms with Crippen molar-refractivity contribution < 1.29 is 19.1 Å². The van der Waals surface area contributed by atoms with Crippen molar-refractivity contribution in [3.8, 4) is 0 Å². The second-order valence-corrected chi connectivity index (χ2v) is 10.5. The zero-order valence-electron chi connectivity index (χ0n) is 15.7. The van der Waals surface area contributed by atoms with Crippen LogP contribution in [0.15, 0.2) is 24.3 Å². The number of anilines is 1. The molecule has 2 heterocycles. The highest BCUT2D eigenvalue weighted by Crippen LogP contribution is 2.60. The zero-order chi connectivity index (χ0) is 20.3. The van der Waals surface area contributed by atoms with E-state index in [1.165, 1.54) is 4.90 Å². The number of ether oxygens (including phenoxy) is 1. The van der Waals surface area contributed by atoms with Crippen molar-refractivity contribution in [3.63, 3.8) is 0 Å². The van der Waals surface area contributed by atoms with Gasteiger partial charge in [0.1, 0.15) is 0 Å². The minimum Gasteiger partial charge on any atom is -0.376 e. The third-order valence-corrected chi connectivity index (χ3v) is 10.1. The van der Waals surface area contributed by atoms with Crippen molar-refractivity contribution in [1.29, 1.82) is 0 Å². The first-order chi connectivity index (χ1) is 14.0. The predicted molar refractivity (Wildman–Crippen MR) is 114 cm³/mol. The van der Waals surface area contributed by atoms with Crippen molar-refractivity contribution >= 4 is 55.3 Å². The van der Waals surface area contributed by atoms with Crippen LogP contribution >= 0.6 is 31.9 Å². The Balaban J connectivity index is 1.35. The number of fused-ring (bicyclic) bond motifs is 5. The lowest BCUT2D eigenvalue weighted by Crippen LogP contribution is -2.37. The van der Waals surface area contributed by atoms with Gasteiger partial charge >= 0.3 is 0 Å². The third kappa shape index (κ3) is 3.10. The van der Waals surface area contributed by atoms with Crippen molar-refractivity contribution in [1.82, 2.24) is 5.32 Å². The number of rotatable bonds is 4. The molecule has 2 aliphatic carbocycles. The van der Waals surface area contributed by atoms with Crippen LogP contribution in [0.1, 0.15) is 29.6 Å². The average Bonchev–Trinajstić information content (AvgIpc) is 3.47. The Bertz CT molecular complexity index is 840. The summed E-state index contributed by atoms with van der Waals surface area (Å²) in [6, 6.07) is 6.79. The van der Waals surface area contributed by atoms with E-state index >= 15 is 0 Å². The molecule has 1 aromatic carbocycles. The quantitative estimate of drug-likeness (QED) is 0.484. The van der Waals surface area contributed by atoms with E-state index < -0.39 is 0 Å². The Kier molecular flexibility index (Phi) is 5.07. The van der Waals surface area contributed by atoms with Gasteiger partial charge in [0, 0.05) is 28.4 Å². The summed E-state index contributed by atoms with van der Waals surface area (Å²) >= 11 is 7.41. The first-order valence-corrected chi connectivity index (χ1v) is 12.0. The molecular formula is C21H22Br2N2O4. The third-order valence-electron chi connectivity index (χ3n) is 6.87. The van der Waals surface area contributed by atoms with Crippen LogP contribution in [0.25, 0.3) is 0 Å². The summed E-state index contributed by atoms with van der Waals surface area (Å²) < 4.78 is 5.54. The maximum Gasteiger partial charge on any atom is 0.251 e. The molecule has 154 valence electrons. The summed E-state index contributed by atoms with van der Waals surface area (Å²) in [6.45, 7) is 1.21. The van der Waals surface area contributed by atoms with E-state index in [1.54, 1.807) is 24.3 Å². The molecule has 2 aliphatic heterocycles. The summed E-state index contributed by atoms with van der Waals surface area (Å²) in [7, 11) is 0. The summed E-state index contributed by atoms with van der Waals surface area (Å²) in [4.78, 5) is 40.6. The highest BCUT2D eigenvalue weighted by Gasteiger charge is 2.66. The molecule has 8 heteroatoms. The molecule has 0 aromatic heterocycles. The van der Waals surface area contributed by atoms with E-state index in [4.69, 9.17) is 4.74 Å². The highest BCUT2D eigenvalue weighted by atomic mass is 79.9. The Morgan fingerprint density at radius 2 is 1.83 bits per heavy atom. The first-order valence-electron chi connectivity index (χ1n) is 10.1. The van der Waals surface area contributed by atoms with E-state index in [0.717, 1.165) is 25.9 Å². The molecule has 2 bridgehead atoms. The minimum absolute atomic E-state index is 0.0631. The van der Waals surface area contributed by atoms with Crippen LogP contribution in [-0.2, 0) is 14.3 Å². The summed E-state index contributed by atoms with van der Waals surface area (Å²) in [5, 5.41) is 2.89. The van der Waals surface area contributed by atoms with Crippen LogP contribution in [0, 0.1) is 23.7 Å². The van der Waals surface area contributed by atoms with E-state index in [9.17, 15) is 14.4 Å². The summed E-state index contributed by atoms with van der Waals surface area (Å²) in [5.41, 5.74) is 0.925.